The maximum absolute atomic E-state index is 13.3. The van der Waals surface area contributed by atoms with Crippen molar-refractivity contribution in [2.45, 2.75) is 19.9 Å². The summed E-state index contributed by atoms with van der Waals surface area (Å²) in [6.45, 7) is 4.09. The highest BCUT2D eigenvalue weighted by Gasteiger charge is 2.23. The van der Waals surface area contributed by atoms with Gasteiger partial charge in [0.05, 0.1) is 37.6 Å². The van der Waals surface area contributed by atoms with Gasteiger partial charge in [-0.1, -0.05) is 24.3 Å². The Bertz CT molecular complexity index is 1250. The number of para-hydroxylation sites is 2. The topological polar surface area (TPSA) is 101 Å². The monoisotopic (exact) mass is 487 g/mol. The van der Waals surface area contributed by atoms with Crippen LogP contribution in [0.1, 0.15) is 41.4 Å². The number of anilines is 1. The molecule has 3 aromatic rings. The van der Waals surface area contributed by atoms with E-state index in [1.165, 1.54) is 14.2 Å². The van der Waals surface area contributed by atoms with Gasteiger partial charge in [-0.3, -0.25) is 9.59 Å². The van der Waals surface area contributed by atoms with E-state index in [-0.39, 0.29) is 24.5 Å². The molecule has 3 rings (SSSR count). The summed E-state index contributed by atoms with van der Waals surface area (Å²) in [6.07, 6.45) is 0. The lowest BCUT2D eigenvalue weighted by Gasteiger charge is -2.29. The largest absolute Gasteiger partial charge is 0.495 e. The maximum atomic E-state index is 13.3. The van der Waals surface area contributed by atoms with Crippen molar-refractivity contribution < 1.29 is 23.8 Å². The van der Waals surface area contributed by atoms with Crippen molar-refractivity contribution in [2.24, 2.45) is 0 Å². The molecule has 186 valence electrons. The van der Waals surface area contributed by atoms with Crippen LogP contribution in [0.4, 0.5) is 5.69 Å². The van der Waals surface area contributed by atoms with Gasteiger partial charge in [0, 0.05) is 12.1 Å². The normalized spacial score (nSPS) is 11.1. The molecule has 0 spiro atoms. The van der Waals surface area contributed by atoms with Crippen molar-refractivity contribution >= 4 is 17.5 Å². The Labute approximate surface area is 211 Å². The minimum absolute atomic E-state index is 0.173. The smallest absolute Gasteiger partial charge is 0.262 e. The summed E-state index contributed by atoms with van der Waals surface area (Å²) in [5.41, 5.74) is 2.46. The third-order valence-corrected chi connectivity index (χ3v) is 5.74. The number of nitriles is 1. The highest BCUT2D eigenvalue weighted by Crippen LogP contribution is 2.30. The lowest BCUT2D eigenvalue weighted by Crippen LogP contribution is -2.33. The Morgan fingerprint density at radius 1 is 0.972 bits per heavy atom. The number of benzene rings is 3. The van der Waals surface area contributed by atoms with E-state index in [0.717, 1.165) is 5.56 Å². The second kappa shape index (κ2) is 12.3. The second-order valence-electron chi connectivity index (χ2n) is 7.90. The van der Waals surface area contributed by atoms with E-state index in [2.05, 4.69) is 11.4 Å². The fourth-order valence-corrected chi connectivity index (χ4v) is 3.77. The van der Waals surface area contributed by atoms with Gasteiger partial charge in [-0.05, 0) is 61.9 Å². The molecule has 0 radical (unpaired) electrons. The van der Waals surface area contributed by atoms with Crippen LogP contribution < -0.4 is 19.5 Å². The van der Waals surface area contributed by atoms with E-state index in [9.17, 15) is 9.59 Å². The van der Waals surface area contributed by atoms with E-state index in [4.69, 9.17) is 19.5 Å². The predicted molar refractivity (Wildman–Crippen MR) is 136 cm³/mol. The number of hydrogen-bond acceptors (Lipinski definition) is 6. The van der Waals surface area contributed by atoms with Crippen LogP contribution >= 0.6 is 0 Å². The lowest BCUT2D eigenvalue weighted by atomic mass is 10.0. The van der Waals surface area contributed by atoms with Gasteiger partial charge in [-0.2, -0.15) is 5.26 Å². The van der Waals surface area contributed by atoms with Gasteiger partial charge >= 0.3 is 0 Å². The summed E-state index contributed by atoms with van der Waals surface area (Å²) >= 11 is 0. The van der Waals surface area contributed by atoms with Crippen LogP contribution in [0.15, 0.2) is 66.7 Å². The fraction of sp³-hybridized carbons (Fsp3) is 0.250. The molecular weight excluding hydrogens is 458 g/mol. The molecule has 3 aromatic carbocycles. The molecule has 0 heterocycles. The Balaban J connectivity index is 1.70. The summed E-state index contributed by atoms with van der Waals surface area (Å²) in [5, 5.41) is 11.8. The van der Waals surface area contributed by atoms with Gasteiger partial charge in [0.15, 0.2) is 18.1 Å². The van der Waals surface area contributed by atoms with Gasteiger partial charge in [-0.25, -0.2) is 0 Å². The average molecular weight is 488 g/mol. The molecule has 0 aliphatic heterocycles. The predicted octanol–water partition coefficient (Wildman–Crippen LogP) is 4.82. The highest BCUT2D eigenvalue weighted by atomic mass is 16.5. The van der Waals surface area contributed by atoms with Gasteiger partial charge in [0.2, 0.25) is 0 Å². The molecule has 0 aromatic heterocycles. The summed E-state index contributed by atoms with van der Waals surface area (Å²) in [7, 11) is 3.00. The molecule has 0 saturated heterocycles. The van der Waals surface area contributed by atoms with E-state index in [1.54, 1.807) is 53.4 Å². The van der Waals surface area contributed by atoms with E-state index >= 15 is 0 Å². The SMILES string of the molecule is CCN(C(=O)c1ccc(OCC(=O)Nc2ccccc2OC)c(OC)c1)C(C)c1ccc(C#N)cc1. The van der Waals surface area contributed by atoms with Crippen LogP contribution in [-0.2, 0) is 4.79 Å². The molecule has 2 amide bonds. The van der Waals surface area contributed by atoms with Crippen LogP contribution in [0.3, 0.4) is 0 Å². The molecule has 1 N–H and O–H groups in total. The number of amides is 2. The minimum Gasteiger partial charge on any atom is -0.495 e. The van der Waals surface area contributed by atoms with E-state index in [1.807, 2.05) is 32.0 Å². The van der Waals surface area contributed by atoms with Crippen molar-refractivity contribution in [3.05, 3.63) is 83.4 Å². The Morgan fingerprint density at radius 2 is 1.67 bits per heavy atom. The molecule has 0 aliphatic carbocycles. The van der Waals surface area contributed by atoms with Crippen LogP contribution in [0.5, 0.6) is 17.2 Å². The quantitative estimate of drug-likeness (QED) is 0.440. The number of carbonyl (C=O) groups is 2. The third kappa shape index (κ3) is 6.13. The number of nitrogens with zero attached hydrogens (tertiary/aromatic N) is 2. The average Bonchev–Trinajstić information content (AvgIpc) is 2.92. The zero-order valence-electron chi connectivity index (χ0n) is 20.8. The van der Waals surface area contributed by atoms with Crippen molar-refractivity contribution in [1.29, 1.82) is 5.26 Å². The van der Waals surface area contributed by atoms with Gasteiger partial charge < -0.3 is 24.4 Å². The summed E-state index contributed by atoms with van der Waals surface area (Å²) in [6, 6.07) is 21.0. The number of rotatable bonds is 10. The molecule has 0 fully saturated rings. The Kier molecular flexibility index (Phi) is 8.89. The highest BCUT2D eigenvalue weighted by molar-refractivity contribution is 5.95. The van der Waals surface area contributed by atoms with Gasteiger partial charge in [0.25, 0.3) is 11.8 Å². The molecule has 36 heavy (non-hydrogen) atoms. The first kappa shape index (κ1) is 26.1. The first-order valence-corrected chi connectivity index (χ1v) is 11.5. The zero-order chi connectivity index (χ0) is 26.1. The summed E-state index contributed by atoms with van der Waals surface area (Å²) in [5.74, 6) is 0.686. The third-order valence-electron chi connectivity index (χ3n) is 5.74. The molecule has 8 nitrogen and oxygen atoms in total. The van der Waals surface area contributed by atoms with Crippen molar-refractivity contribution in [1.82, 2.24) is 4.90 Å². The summed E-state index contributed by atoms with van der Waals surface area (Å²) < 4.78 is 16.3. The Morgan fingerprint density at radius 3 is 2.31 bits per heavy atom. The zero-order valence-corrected chi connectivity index (χ0v) is 20.8. The van der Waals surface area contributed by atoms with E-state index < -0.39 is 0 Å². The van der Waals surface area contributed by atoms with Crippen LogP contribution in [-0.4, -0.2) is 44.1 Å². The molecular formula is C28H29N3O5. The van der Waals surface area contributed by atoms with E-state index in [0.29, 0.717) is 40.6 Å². The molecule has 0 aliphatic rings. The second-order valence-corrected chi connectivity index (χ2v) is 7.90. The fourth-order valence-electron chi connectivity index (χ4n) is 3.77. The lowest BCUT2D eigenvalue weighted by molar-refractivity contribution is -0.118. The first-order valence-electron chi connectivity index (χ1n) is 11.5. The van der Waals surface area contributed by atoms with Crippen molar-refractivity contribution in [2.75, 3.05) is 32.7 Å². The number of nitrogens with one attached hydrogen (secondary N) is 1. The van der Waals surface area contributed by atoms with Gasteiger partial charge in [0.1, 0.15) is 5.75 Å². The Hall–Kier alpha value is -4.51. The number of methoxy groups -OCH3 is 2. The standard InChI is InChI=1S/C28H29N3O5/c1-5-31(19(2)21-12-10-20(17-29)11-13-21)28(33)22-14-15-25(26(16-22)35-4)36-18-27(32)30-23-8-6-7-9-24(23)34-3/h6-16,19H,5,18H2,1-4H3,(H,30,32). The molecule has 1 unspecified atom stereocenters. The van der Waals surface area contributed by atoms with Crippen molar-refractivity contribution in [3.8, 4) is 23.3 Å². The summed E-state index contributed by atoms with van der Waals surface area (Å²) in [4.78, 5) is 27.5. The molecule has 1 atom stereocenters. The molecule has 0 bridgehead atoms. The maximum Gasteiger partial charge on any atom is 0.262 e. The van der Waals surface area contributed by atoms with Crippen molar-refractivity contribution in [3.63, 3.8) is 0 Å². The minimum atomic E-state index is -0.366. The number of carbonyl (C=O) groups excluding carboxylic acids is 2. The van der Waals surface area contributed by atoms with Crippen LogP contribution in [0.25, 0.3) is 0 Å². The molecule has 8 heteroatoms. The number of hydrogen-bond donors (Lipinski definition) is 1. The molecule has 0 saturated carbocycles. The number of ether oxygens (including phenoxy) is 3. The van der Waals surface area contributed by atoms with Crippen LogP contribution in [0, 0.1) is 11.3 Å². The first-order chi connectivity index (χ1) is 17.4. The van der Waals surface area contributed by atoms with Crippen LogP contribution in [0.2, 0.25) is 0 Å². The van der Waals surface area contributed by atoms with Gasteiger partial charge in [-0.15, -0.1) is 0 Å².